The minimum Gasteiger partial charge on any atom is -0.309 e. The third-order valence-corrected chi connectivity index (χ3v) is 12.5. The zero-order valence-electron chi connectivity index (χ0n) is 28.6. The number of anilines is 3. The van der Waals surface area contributed by atoms with Gasteiger partial charge in [0.2, 0.25) is 0 Å². The normalized spacial score (nSPS) is 12.2. The molecule has 9 aromatic carbocycles. The van der Waals surface area contributed by atoms with Gasteiger partial charge in [-0.15, -0.1) is 11.3 Å². The summed E-state index contributed by atoms with van der Waals surface area (Å²) < 4.78 is 4.99. The first-order valence-electron chi connectivity index (χ1n) is 18.2. The van der Waals surface area contributed by atoms with Gasteiger partial charge >= 0.3 is 0 Å². The van der Waals surface area contributed by atoms with Gasteiger partial charge in [0, 0.05) is 43.3 Å². The number of rotatable bonds is 4. The van der Waals surface area contributed by atoms with Crippen LogP contribution in [0.15, 0.2) is 182 Å². The molecule has 0 N–H and O–H groups in total. The van der Waals surface area contributed by atoms with Crippen LogP contribution < -0.4 is 4.90 Å². The Kier molecular flexibility index (Phi) is 5.96. The van der Waals surface area contributed by atoms with Crippen LogP contribution in [-0.4, -0.2) is 4.57 Å². The van der Waals surface area contributed by atoms with E-state index in [2.05, 4.69) is 191 Å². The fourth-order valence-electron chi connectivity index (χ4n) is 9.03. The Morgan fingerprint density at radius 1 is 0.415 bits per heavy atom. The summed E-state index contributed by atoms with van der Waals surface area (Å²) in [5.74, 6) is 0. The van der Waals surface area contributed by atoms with Crippen LogP contribution in [0.2, 0.25) is 0 Å². The first kappa shape index (κ1) is 29.0. The number of thiophene rings is 1. The third-order valence-electron chi connectivity index (χ3n) is 11.3. The summed E-state index contributed by atoms with van der Waals surface area (Å²) in [6.45, 7) is 0. The summed E-state index contributed by atoms with van der Waals surface area (Å²) in [4.78, 5) is 2.50. The molecule has 0 unspecified atom stereocenters. The van der Waals surface area contributed by atoms with Gasteiger partial charge in [-0.05, 0) is 111 Å². The smallest absolute Gasteiger partial charge is 0.0640 e. The van der Waals surface area contributed by atoms with Crippen LogP contribution in [0.3, 0.4) is 0 Å². The molecule has 2 nitrogen and oxygen atoms in total. The van der Waals surface area contributed by atoms with Crippen molar-refractivity contribution in [3.63, 3.8) is 0 Å². The van der Waals surface area contributed by atoms with Crippen molar-refractivity contribution < 1.29 is 0 Å². The Bertz CT molecular complexity index is 3290. The molecule has 11 aromatic rings. The second kappa shape index (κ2) is 10.9. The average Bonchev–Trinajstić information content (AvgIpc) is 3.87. The molecule has 53 heavy (non-hydrogen) atoms. The van der Waals surface area contributed by atoms with Gasteiger partial charge in [-0.2, -0.15) is 0 Å². The highest BCUT2D eigenvalue weighted by molar-refractivity contribution is 7.26. The Morgan fingerprint density at radius 2 is 1.11 bits per heavy atom. The largest absolute Gasteiger partial charge is 0.309 e. The maximum atomic E-state index is 2.50. The van der Waals surface area contributed by atoms with Crippen molar-refractivity contribution in [3.8, 4) is 27.9 Å². The van der Waals surface area contributed by atoms with Crippen LogP contribution in [0.5, 0.6) is 0 Å². The summed E-state index contributed by atoms with van der Waals surface area (Å²) in [6, 6.07) is 67.2. The minimum absolute atomic E-state index is 1.14. The van der Waals surface area contributed by atoms with Crippen molar-refractivity contribution in [2.45, 2.75) is 0 Å². The lowest BCUT2D eigenvalue weighted by Crippen LogP contribution is -2.10. The number of para-hydroxylation sites is 2. The van der Waals surface area contributed by atoms with Crippen LogP contribution in [0.25, 0.3) is 91.5 Å². The van der Waals surface area contributed by atoms with E-state index in [9.17, 15) is 0 Å². The molecule has 0 saturated heterocycles. The predicted molar refractivity (Wildman–Crippen MR) is 228 cm³/mol. The predicted octanol–water partition coefficient (Wildman–Crippen LogP) is 14.6. The SMILES string of the molecule is c1ccc(-n2c3ccccc3c3cc(N(c4ccc5c(c4)-c4c6ccccc6cc6cccc-5c46)c4cccc5c4sc4ccccc45)ccc32)cc1. The summed E-state index contributed by atoms with van der Waals surface area (Å²) in [6.07, 6.45) is 0. The quantitative estimate of drug-likeness (QED) is 0.167. The summed E-state index contributed by atoms with van der Waals surface area (Å²) in [5.41, 5.74) is 12.3. The Hall–Kier alpha value is -6.68. The van der Waals surface area contributed by atoms with Crippen LogP contribution in [-0.2, 0) is 0 Å². The summed E-state index contributed by atoms with van der Waals surface area (Å²) in [5, 5.41) is 10.3. The van der Waals surface area contributed by atoms with E-state index in [-0.39, 0.29) is 0 Å². The molecular formula is C50H30N2S. The van der Waals surface area contributed by atoms with E-state index >= 15 is 0 Å². The summed E-state index contributed by atoms with van der Waals surface area (Å²) >= 11 is 1.88. The number of benzene rings is 9. The number of hydrogen-bond donors (Lipinski definition) is 0. The second-order valence-corrected chi connectivity index (χ2v) is 15.1. The molecule has 246 valence electrons. The highest BCUT2D eigenvalue weighted by Crippen LogP contribution is 2.53. The molecule has 0 radical (unpaired) electrons. The first-order valence-corrected chi connectivity index (χ1v) is 19.0. The van der Waals surface area contributed by atoms with Crippen molar-refractivity contribution in [3.05, 3.63) is 182 Å². The maximum absolute atomic E-state index is 2.50. The van der Waals surface area contributed by atoms with Crippen LogP contribution >= 0.6 is 11.3 Å². The first-order chi connectivity index (χ1) is 26.3. The molecule has 2 heterocycles. The highest BCUT2D eigenvalue weighted by Gasteiger charge is 2.27. The van der Waals surface area contributed by atoms with Crippen molar-refractivity contribution in [2.24, 2.45) is 0 Å². The van der Waals surface area contributed by atoms with E-state index < -0.39 is 0 Å². The van der Waals surface area contributed by atoms with Crippen LogP contribution in [0.1, 0.15) is 0 Å². The Labute approximate surface area is 310 Å². The monoisotopic (exact) mass is 690 g/mol. The topological polar surface area (TPSA) is 8.17 Å². The molecule has 0 saturated carbocycles. The van der Waals surface area contributed by atoms with E-state index in [1.807, 2.05) is 11.3 Å². The van der Waals surface area contributed by atoms with Gasteiger partial charge in [0.25, 0.3) is 0 Å². The van der Waals surface area contributed by atoms with E-state index in [4.69, 9.17) is 0 Å². The van der Waals surface area contributed by atoms with Gasteiger partial charge in [0.1, 0.15) is 0 Å². The fourth-order valence-corrected chi connectivity index (χ4v) is 10.2. The molecule has 0 amide bonds. The number of fused-ring (bicyclic) bond motifs is 11. The molecule has 1 aliphatic carbocycles. The van der Waals surface area contributed by atoms with Gasteiger partial charge in [0.15, 0.2) is 0 Å². The highest BCUT2D eigenvalue weighted by atomic mass is 32.1. The standard InChI is InChI=1S/C50H30N2S/c1-2-14-33(15-3-1)52-44-21-8-6-17-38(44)42-29-35(25-27-45(42)52)51(46-22-11-20-41-39-18-7-9-23-47(39)53-50(41)46)34-24-26-37-40-19-10-13-32-28-31-12-4-5-16-36(31)49(48(32)40)43(37)30-34/h1-30H. The zero-order chi connectivity index (χ0) is 34.6. The molecule has 1 aliphatic rings. The van der Waals surface area contributed by atoms with Crippen LogP contribution in [0, 0.1) is 0 Å². The van der Waals surface area contributed by atoms with E-state index in [1.54, 1.807) is 0 Å². The minimum atomic E-state index is 1.14. The lowest BCUT2D eigenvalue weighted by Gasteiger charge is -2.27. The molecule has 0 fully saturated rings. The van der Waals surface area contributed by atoms with Gasteiger partial charge in [-0.3, -0.25) is 0 Å². The molecule has 0 aliphatic heterocycles. The molecule has 0 spiro atoms. The Morgan fingerprint density at radius 3 is 2.04 bits per heavy atom. The Balaban J connectivity index is 1.15. The van der Waals surface area contributed by atoms with Crippen molar-refractivity contribution in [1.29, 1.82) is 0 Å². The van der Waals surface area contributed by atoms with Gasteiger partial charge in [-0.1, -0.05) is 115 Å². The second-order valence-electron chi connectivity index (χ2n) is 14.1. The molecule has 0 atom stereocenters. The molecule has 2 aromatic heterocycles. The van der Waals surface area contributed by atoms with Gasteiger partial charge in [0.05, 0.1) is 21.4 Å². The molecular weight excluding hydrogens is 661 g/mol. The lowest BCUT2D eigenvalue weighted by atomic mass is 9.95. The molecule has 12 rings (SSSR count). The van der Waals surface area contributed by atoms with Crippen molar-refractivity contribution in [1.82, 2.24) is 4.57 Å². The number of hydrogen-bond acceptors (Lipinski definition) is 2. The molecule has 3 heteroatoms. The number of aromatic nitrogens is 1. The van der Waals surface area contributed by atoms with E-state index in [0.29, 0.717) is 0 Å². The third kappa shape index (κ3) is 4.08. The fraction of sp³-hybridized carbons (Fsp3) is 0. The van der Waals surface area contributed by atoms with Gasteiger partial charge in [-0.25, -0.2) is 0 Å². The maximum Gasteiger partial charge on any atom is 0.0640 e. The average molecular weight is 691 g/mol. The van der Waals surface area contributed by atoms with E-state index in [1.165, 1.54) is 91.5 Å². The van der Waals surface area contributed by atoms with Crippen molar-refractivity contribution in [2.75, 3.05) is 4.90 Å². The lowest BCUT2D eigenvalue weighted by molar-refractivity contribution is 1.18. The molecule has 0 bridgehead atoms. The number of nitrogens with zero attached hydrogens (tertiary/aromatic N) is 2. The van der Waals surface area contributed by atoms with Gasteiger partial charge < -0.3 is 9.47 Å². The van der Waals surface area contributed by atoms with Crippen molar-refractivity contribution >= 4 is 91.9 Å². The summed E-state index contributed by atoms with van der Waals surface area (Å²) in [7, 11) is 0. The van der Waals surface area contributed by atoms with Crippen LogP contribution in [0.4, 0.5) is 17.1 Å². The van der Waals surface area contributed by atoms with E-state index in [0.717, 1.165) is 17.1 Å². The zero-order valence-corrected chi connectivity index (χ0v) is 29.4.